The highest BCUT2D eigenvalue weighted by Gasteiger charge is 2.38. The van der Waals surface area contributed by atoms with Gasteiger partial charge < -0.3 is 15.5 Å². The Kier molecular flexibility index (Phi) is 4.64. The molecule has 0 amide bonds. The standard InChI is InChI=1S/C14H30N4/c1-16-8-5-7-14(11-15,12-16)18(3)10-13-6-4-9-17(13)2/h13H,4-12,15H2,1-3H3. The molecule has 0 spiro atoms. The van der Waals surface area contributed by atoms with Crippen molar-refractivity contribution >= 4 is 0 Å². The lowest BCUT2D eigenvalue weighted by Gasteiger charge is -2.48. The van der Waals surface area contributed by atoms with Crippen LogP contribution in [-0.4, -0.2) is 80.1 Å². The van der Waals surface area contributed by atoms with Gasteiger partial charge in [-0.1, -0.05) is 0 Å². The fourth-order valence-corrected chi connectivity index (χ4v) is 3.69. The summed E-state index contributed by atoms with van der Waals surface area (Å²) in [6.07, 6.45) is 5.22. The molecule has 2 rings (SSSR count). The van der Waals surface area contributed by atoms with Gasteiger partial charge in [-0.2, -0.15) is 0 Å². The Morgan fingerprint density at radius 3 is 2.61 bits per heavy atom. The molecule has 2 fully saturated rings. The van der Waals surface area contributed by atoms with Crippen molar-refractivity contribution in [2.75, 3.05) is 53.9 Å². The van der Waals surface area contributed by atoms with E-state index in [2.05, 4.69) is 35.8 Å². The number of hydrogen-bond donors (Lipinski definition) is 1. The average Bonchev–Trinajstić information content (AvgIpc) is 2.75. The van der Waals surface area contributed by atoms with E-state index < -0.39 is 0 Å². The fraction of sp³-hybridized carbons (Fsp3) is 1.00. The van der Waals surface area contributed by atoms with Crippen LogP contribution in [-0.2, 0) is 0 Å². The van der Waals surface area contributed by atoms with Gasteiger partial charge in [0, 0.05) is 31.2 Å². The quantitative estimate of drug-likeness (QED) is 0.789. The third-order valence-electron chi connectivity index (χ3n) is 5.09. The van der Waals surface area contributed by atoms with Crippen LogP contribution in [0.5, 0.6) is 0 Å². The molecule has 0 aliphatic carbocycles. The normalized spacial score (nSPS) is 35.5. The number of likely N-dealkylation sites (tertiary alicyclic amines) is 2. The molecule has 2 unspecified atom stereocenters. The van der Waals surface area contributed by atoms with Gasteiger partial charge in [0.25, 0.3) is 0 Å². The Hall–Kier alpha value is -0.160. The first-order chi connectivity index (χ1) is 8.57. The first-order valence-electron chi connectivity index (χ1n) is 7.37. The highest BCUT2D eigenvalue weighted by atomic mass is 15.3. The zero-order valence-corrected chi connectivity index (χ0v) is 12.4. The van der Waals surface area contributed by atoms with Crippen LogP contribution in [0, 0.1) is 0 Å². The number of piperidine rings is 1. The molecule has 0 radical (unpaired) electrons. The zero-order valence-electron chi connectivity index (χ0n) is 12.4. The summed E-state index contributed by atoms with van der Waals surface area (Å²) in [6, 6.07) is 0.727. The van der Waals surface area contributed by atoms with Crippen molar-refractivity contribution in [1.82, 2.24) is 14.7 Å². The van der Waals surface area contributed by atoms with E-state index in [1.54, 1.807) is 0 Å². The van der Waals surface area contributed by atoms with Crippen molar-refractivity contribution in [2.24, 2.45) is 5.73 Å². The van der Waals surface area contributed by atoms with E-state index >= 15 is 0 Å². The Labute approximate surface area is 112 Å². The molecule has 0 aromatic carbocycles. The fourth-order valence-electron chi connectivity index (χ4n) is 3.69. The number of nitrogens with two attached hydrogens (primary N) is 1. The summed E-state index contributed by atoms with van der Waals surface area (Å²) in [7, 11) is 6.75. The minimum Gasteiger partial charge on any atom is -0.329 e. The molecule has 4 nitrogen and oxygen atoms in total. The number of nitrogens with zero attached hydrogens (tertiary/aromatic N) is 3. The summed E-state index contributed by atoms with van der Waals surface area (Å²) in [5, 5.41) is 0. The van der Waals surface area contributed by atoms with Gasteiger partial charge in [0.2, 0.25) is 0 Å². The molecule has 0 bridgehead atoms. The molecule has 4 heteroatoms. The predicted molar refractivity (Wildman–Crippen MR) is 76.8 cm³/mol. The van der Waals surface area contributed by atoms with Gasteiger partial charge in [-0.25, -0.2) is 0 Å². The van der Waals surface area contributed by atoms with Crippen molar-refractivity contribution in [3.63, 3.8) is 0 Å². The van der Waals surface area contributed by atoms with Crippen LogP contribution in [0.2, 0.25) is 0 Å². The lowest BCUT2D eigenvalue weighted by Crippen LogP contribution is -2.62. The van der Waals surface area contributed by atoms with Crippen LogP contribution in [0.4, 0.5) is 0 Å². The third-order valence-corrected chi connectivity index (χ3v) is 5.09. The highest BCUT2D eigenvalue weighted by Crippen LogP contribution is 2.27. The van der Waals surface area contributed by atoms with Gasteiger partial charge in [-0.05, 0) is 59.9 Å². The number of hydrogen-bond acceptors (Lipinski definition) is 4. The number of likely N-dealkylation sites (N-methyl/N-ethyl adjacent to an activating group) is 3. The Morgan fingerprint density at radius 2 is 2.06 bits per heavy atom. The molecular weight excluding hydrogens is 224 g/mol. The lowest BCUT2D eigenvalue weighted by atomic mass is 9.87. The van der Waals surface area contributed by atoms with E-state index in [1.165, 1.54) is 45.3 Å². The average molecular weight is 254 g/mol. The highest BCUT2D eigenvalue weighted by molar-refractivity contribution is 4.97. The lowest BCUT2D eigenvalue weighted by molar-refractivity contribution is 0.0314. The van der Waals surface area contributed by atoms with E-state index in [-0.39, 0.29) is 5.54 Å². The Morgan fingerprint density at radius 1 is 1.28 bits per heavy atom. The van der Waals surface area contributed by atoms with Crippen LogP contribution >= 0.6 is 0 Å². The van der Waals surface area contributed by atoms with Crippen molar-refractivity contribution in [1.29, 1.82) is 0 Å². The second kappa shape index (κ2) is 5.87. The topological polar surface area (TPSA) is 35.7 Å². The predicted octanol–water partition coefficient (Wildman–Crippen LogP) is 0.436. The van der Waals surface area contributed by atoms with Crippen molar-refractivity contribution < 1.29 is 0 Å². The Balaban J connectivity index is 1.98. The number of rotatable bonds is 4. The van der Waals surface area contributed by atoms with Gasteiger partial charge in [-0.3, -0.25) is 4.90 Å². The molecule has 2 aliphatic rings. The molecule has 0 aromatic heterocycles. The van der Waals surface area contributed by atoms with Gasteiger partial charge >= 0.3 is 0 Å². The van der Waals surface area contributed by atoms with Gasteiger partial charge in [0.1, 0.15) is 0 Å². The molecular formula is C14H30N4. The van der Waals surface area contributed by atoms with Gasteiger partial charge in [0.05, 0.1) is 0 Å². The van der Waals surface area contributed by atoms with E-state index in [4.69, 9.17) is 5.73 Å². The second-order valence-electron chi connectivity index (χ2n) is 6.43. The smallest absolute Gasteiger partial charge is 0.0456 e. The van der Waals surface area contributed by atoms with E-state index in [1.807, 2.05) is 0 Å². The first kappa shape index (κ1) is 14.3. The maximum Gasteiger partial charge on any atom is 0.0456 e. The Bertz CT molecular complexity index is 271. The first-order valence-corrected chi connectivity index (χ1v) is 7.37. The van der Waals surface area contributed by atoms with Crippen molar-refractivity contribution in [3.8, 4) is 0 Å². The summed E-state index contributed by atoms with van der Waals surface area (Å²) in [6.45, 7) is 5.55. The van der Waals surface area contributed by atoms with Crippen LogP contribution in [0.15, 0.2) is 0 Å². The van der Waals surface area contributed by atoms with Crippen molar-refractivity contribution in [2.45, 2.75) is 37.3 Å². The minimum atomic E-state index is 0.205. The molecule has 2 atom stereocenters. The second-order valence-corrected chi connectivity index (χ2v) is 6.43. The molecule has 18 heavy (non-hydrogen) atoms. The summed E-state index contributed by atoms with van der Waals surface area (Å²) < 4.78 is 0. The molecule has 0 saturated carbocycles. The largest absolute Gasteiger partial charge is 0.329 e. The van der Waals surface area contributed by atoms with Crippen molar-refractivity contribution in [3.05, 3.63) is 0 Å². The van der Waals surface area contributed by atoms with Gasteiger partial charge in [-0.15, -0.1) is 0 Å². The van der Waals surface area contributed by atoms with Gasteiger partial charge in [0.15, 0.2) is 0 Å². The van der Waals surface area contributed by atoms with E-state index in [0.717, 1.165) is 19.1 Å². The van der Waals surface area contributed by atoms with E-state index in [0.29, 0.717) is 0 Å². The van der Waals surface area contributed by atoms with E-state index in [9.17, 15) is 0 Å². The molecule has 2 N–H and O–H groups in total. The summed E-state index contributed by atoms with van der Waals surface area (Å²) in [4.78, 5) is 7.49. The molecule has 106 valence electrons. The van der Waals surface area contributed by atoms with Crippen LogP contribution in [0.25, 0.3) is 0 Å². The summed E-state index contributed by atoms with van der Waals surface area (Å²) in [5.74, 6) is 0. The molecule has 2 aliphatic heterocycles. The monoisotopic (exact) mass is 254 g/mol. The SMILES string of the molecule is CN1CCCC(CN)(N(C)CC2CCCN2C)C1. The zero-order chi connectivity index (χ0) is 13.2. The maximum absolute atomic E-state index is 6.13. The summed E-state index contributed by atoms with van der Waals surface area (Å²) >= 11 is 0. The molecule has 0 aromatic rings. The summed E-state index contributed by atoms with van der Waals surface area (Å²) in [5.41, 5.74) is 6.33. The van der Waals surface area contributed by atoms with Crippen LogP contribution in [0.1, 0.15) is 25.7 Å². The van der Waals surface area contributed by atoms with Crippen LogP contribution in [0.3, 0.4) is 0 Å². The maximum atomic E-state index is 6.13. The third kappa shape index (κ3) is 2.87. The minimum absolute atomic E-state index is 0.205. The molecule has 2 saturated heterocycles. The van der Waals surface area contributed by atoms with Crippen LogP contribution < -0.4 is 5.73 Å². The molecule has 2 heterocycles.